The molecule has 0 aliphatic carbocycles. The maximum absolute atomic E-state index is 12.2. The molecule has 1 spiro atoms. The Kier molecular flexibility index (Phi) is 4.29. The molecule has 6 heteroatoms. The Labute approximate surface area is 113 Å². The minimum absolute atomic E-state index is 0.0931. The van der Waals surface area contributed by atoms with Gasteiger partial charge in [0.2, 0.25) is 0 Å². The van der Waals surface area contributed by atoms with Crippen LogP contribution in [0.5, 0.6) is 0 Å². The third kappa shape index (κ3) is 3.18. The molecule has 2 amide bonds. The van der Waals surface area contributed by atoms with Crippen molar-refractivity contribution in [3.63, 3.8) is 0 Å². The molecule has 0 bridgehead atoms. The number of piperidine rings is 1. The molecule has 2 aliphatic rings. The molecule has 2 rings (SSSR count). The highest BCUT2D eigenvalue weighted by Crippen LogP contribution is 2.36. The van der Waals surface area contributed by atoms with E-state index in [1.165, 1.54) is 13.5 Å². The fourth-order valence-electron chi connectivity index (χ4n) is 2.95. The molecule has 0 radical (unpaired) electrons. The van der Waals surface area contributed by atoms with E-state index >= 15 is 0 Å². The van der Waals surface area contributed by atoms with E-state index in [0.717, 1.165) is 39.0 Å². The monoisotopic (exact) mass is 269 g/mol. The molecule has 0 saturated carbocycles. The molecule has 2 aliphatic heterocycles. The van der Waals surface area contributed by atoms with Gasteiger partial charge in [0.15, 0.2) is 6.10 Å². The summed E-state index contributed by atoms with van der Waals surface area (Å²) in [6.07, 6.45) is 2.01. The standard InChI is InChI=1S/C13H23N3O3/c1-10(19-12(18)14-2)11(17)16-7-4-13(5-8-16)3-6-15-9-13/h10,15H,3-9H2,1-2H3,(H,14,18). The van der Waals surface area contributed by atoms with Gasteiger partial charge in [-0.3, -0.25) is 4.79 Å². The van der Waals surface area contributed by atoms with E-state index in [0.29, 0.717) is 5.41 Å². The van der Waals surface area contributed by atoms with Gasteiger partial charge >= 0.3 is 6.09 Å². The van der Waals surface area contributed by atoms with E-state index in [1.807, 2.05) is 4.90 Å². The van der Waals surface area contributed by atoms with E-state index in [4.69, 9.17) is 4.74 Å². The normalized spacial score (nSPS) is 23.2. The zero-order valence-corrected chi connectivity index (χ0v) is 11.7. The predicted octanol–water partition coefficient (Wildman–Crippen LogP) is 0.333. The highest BCUT2D eigenvalue weighted by atomic mass is 16.6. The second-order valence-corrected chi connectivity index (χ2v) is 5.55. The van der Waals surface area contributed by atoms with E-state index in [9.17, 15) is 9.59 Å². The first-order chi connectivity index (χ1) is 9.06. The Morgan fingerprint density at radius 1 is 1.32 bits per heavy atom. The Morgan fingerprint density at radius 2 is 2.00 bits per heavy atom. The van der Waals surface area contributed by atoms with E-state index in [-0.39, 0.29) is 5.91 Å². The first-order valence-corrected chi connectivity index (χ1v) is 6.94. The number of likely N-dealkylation sites (tertiary alicyclic amines) is 1. The van der Waals surface area contributed by atoms with Crippen molar-refractivity contribution in [1.82, 2.24) is 15.5 Å². The van der Waals surface area contributed by atoms with Gasteiger partial charge in [-0.15, -0.1) is 0 Å². The molecule has 1 atom stereocenters. The van der Waals surface area contributed by atoms with Gasteiger partial charge in [-0.25, -0.2) is 4.79 Å². The van der Waals surface area contributed by atoms with Gasteiger partial charge in [-0.2, -0.15) is 0 Å². The highest BCUT2D eigenvalue weighted by Gasteiger charge is 2.39. The fraction of sp³-hybridized carbons (Fsp3) is 0.846. The van der Waals surface area contributed by atoms with Gasteiger partial charge in [-0.1, -0.05) is 0 Å². The number of nitrogens with zero attached hydrogens (tertiary/aromatic N) is 1. The molecule has 1 unspecified atom stereocenters. The summed E-state index contributed by atoms with van der Waals surface area (Å²) in [6, 6.07) is 0. The molecular weight excluding hydrogens is 246 g/mol. The number of hydrogen-bond donors (Lipinski definition) is 2. The van der Waals surface area contributed by atoms with Gasteiger partial charge in [0.05, 0.1) is 0 Å². The van der Waals surface area contributed by atoms with Crippen molar-refractivity contribution in [3.05, 3.63) is 0 Å². The topological polar surface area (TPSA) is 70.7 Å². The number of hydrogen-bond acceptors (Lipinski definition) is 4. The van der Waals surface area contributed by atoms with Crippen molar-refractivity contribution in [2.75, 3.05) is 33.2 Å². The zero-order chi connectivity index (χ0) is 13.9. The van der Waals surface area contributed by atoms with E-state index < -0.39 is 12.2 Å². The summed E-state index contributed by atoms with van der Waals surface area (Å²) >= 11 is 0. The molecule has 6 nitrogen and oxygen atoms in total. The lowest BCUT2D eigenvalue weighted by Gasteiger charge is -2.39. The summed E-state index contributed by atoms with van der Waals surface area (Å²) in [4.78, 5) is 25.1. The summed E-state index contributed by atoms with van der Waals surface area (Å²) in [7, 11) is 1.48. The van der Waals surface area contributed by atoms with Crippen molar-refractivity contribution in [3.8, 4) is 0 Å². The number of nitrogens with one attached hydrogen (secondary N) is 2. The summed E-state index contributed by atoms with van der Waals surface area (Å²) < 4.78 is 4.98. The van der Waals surface area contributed by atoms with Crippen LogP contribution in [0, 0.1) is 5.41 Å². The molecule has 0 aromatic rings. The van der Waals surface area contributed by atoms with Gasteiger partial charge in [0.25, 0.3) is 5.91 Å². The maximum Gasteiger partial charge on any atom is 0.407 e. The summed E-state index contributed by atoms with van der Waals surface area (Å²) in [5.41, 5.74) is 0.391. The SMILES string of the molecule is CNC(=O)OC(C)C(=O)N1CCC2(CCNC2)CC1. The van der Waals surface area contributed by atoms with Crippen molar-refractivity contribution >= 4 is 12.0 Å². The lowest BCUT2D eigenvalue weighted by Crippen LogP contribution is -2.48. The van der Waals surface area contributed by atoms with Crippen LogP contribution in [0.1, 0.15) is 26.2 Å². The Morgan fingerprint density at radius 3 is 2.53 bits per heavy atom. The molecule has 108 valence electrons. The maximum atomic E-state index is 12.2. The lowest BCUT2D eigenvalue weighted by atomic mass is 9.78. The molecule has 2 heterocycles. The molecule has 0 aromatic carbocycles. The van der Waals surface area contributed by atoms with E-state index in [1.54, 1.807) is 6.92 Å². The quantitative estimate of drug-likeness (QED) is 0.758. The van der Waals surface area contributed by atoms with Crippen molar-refractivity contribution < 1.29 is 14.3 Å². The number of rotatable bonds is 2. The fourth-order valence-corrected chi connectivity index (χ4v) is 2.95. The predicted molar refractivity (Wildman–Crippen MR) is 70.7 cm³/mol. The van der Waals surface area contributed by atoms with Gasteiger partial charge < -0.3 is 20.3 Å². The van der Waals surface area contributed by atoms with Crippen molar-refractivity contribution in [2.45, 2.75) is 32.3 Å². The number of alkyl carbamates (subject to hydrolysis) is 1. The van der Waals surface area contributed by atoms with Crippen LogP contribution >= 0.6 is 0 Å². The number of amides is 2. The Balaban J connectivity index is 1.83. The van der Waals surface area contributed by atoms with E-state index in [2.05, 4.69) is 10.6 Å². The number of carbonyl (C=O) groups is 2. The van der Waals surface area contributed by atoms with Gasteiger partial charge in [-0.05, 0) is 38.1 Å². The lowest BCUT2D eigenvalue weighted by molar-refractivity contribution is -0.141. The van der Waals surface area contributed by atoms with Crippen molar-refractivity contribution in [2.24, 2.45) is 5.41 Å². The second-order valence-electron chi connectivity index (χ2n) is 5.55. The minimum atomic E-state index is -0.712. The number of carbonyl (C=O) groups excluding carboxylic acids is 2. The third-order valence-corrected chi connectivity index (χ3v) is 4.30. The highest BCUT2D eigenvalue weighted by molar-refractivity contribution is 5.83. The minimum Gasteiger partial charge on any atom is -0.436 e. The van der Waals surface area contributed by atoms with Gasteiger partial charge in [0.1, 0.15) is 0 Å². The molecular formula is C13H23N3O3. The summed E-state index contributed by atoms with van der Waals surface area (Å²) in [5, 5.41) is 5.76. The number of ether oxygens (including phenoxy) is 1. The van der Waals surface area contributed by atoms with Crippen LogP contribution in [-0.4, -0.2) is 56.2 Å². The molecule has 0 aromatic heterocycles. The largest absolute Gasteiger partial charge is 0.436 e. The smallest absolute Gasteiger partial charge is 0.407 e. The summed E-state index contributed by atoms with van der Waals surface area (Å²) in [6.45, 7) is 5.31. The van der Waals surface area contributed by atoms with Crippen LogP contribution in [0.2, 0.25) is 0 Å². The van der Waals surface area contributed by atoms with Crippen molar-refractivity contribution in [1.29, 1.82) is 0 Å². The molecule has 2 N–H and O–H groups in total. The van der Waals surface area contributed by atoms with Crippen LogP contribution in [0.3, 0.4) is 0 Å². The molecule has 19 heavy (non-hydrogen) atoms. The third-order valence-electron chi connectivity index (χ3n) is 4.30. The van der Waals surface area contributed by atoms with Crippen LogP contribution < -0.4 is 10.6 Å². The van der Waals surface area contributed by atoms with Gasteiger partial charge in [0, 0.05) is 26.7 Å². The van der Waals surface area contributed by atoms with Crippen LogP contribution in [-0.2, 0) is 9.53 Å². The summed E-state index contributed by atoms with van der Waals surface area (Å²) in [5.74, 6) is -0.0931. The average Bonchev–Trinajstić information content (AvgIpc) is 2.87. The Hall–Kier alpha value is -1.30. The second kappa shape index (κ2) is 5.77. The Bertz CT molecular complexity index is 343. The van der Waals surface area contributed by atoms with Crippen LogP contribution in [0.4, 0.5) is 4.79 Å². The first-order valence-electron chi connectivity index (χ1n) is 6.94. The average molecular weight is 269 g/mol. The molecule has 2 saturated heterocycles. The van der Waals surface area contributed by atoms with Crippen LogP contribution in [0.25, 0.3) is 0 Å². The first kappa shape index (κ1) is 14.1. The van der Waals surface area contributed by atoms with Crippen LogP contribution in [0.15, 0.2) is 0 Å². The molecule has 2 fully saturated rings. The zero-order valence-electron chi connectivity index (χ0n) is 11.7.